The number of allylic oxidation sites excluding steroid dienone is 2. The molecule has 0 radical (unpaired) electrons. The molecule has 0 aliphatic heterocycles. The molecule has 0 saturated heterocycles. The molecule has 0 saturated carbocycles. The smallest absolute Gasteiger partial charge is 0.376 e. The quantitative estimate of drug-likeness (QED) is 0.443. The Hall–Kier alpha value is -0.980. The molecule has 1 aliphatic carbocycles. The van der Waals surface area contributed by atoms with Crippen LogP contribution in [0.1, 0.15) is 25.7 Å². The van der Waals surface area contributed by atoms with Gasteiger partial charge in [-0.25, -0.2) is 0 Å². The second-order valence-electron chi connectivity index (χ2n) is 3.38. The second kappa shape index (κ2) is 4.48. The third-order valence-electron chi connectivity index (χ3n) is 2.14. The molecule has 16 heavy (non-hydrogen) atoms. The monoisotopic (exact) mass is 256 g/mol. The van der Waals surface area contributed by atoms with Crippen LogP contribution in [0.5, 0.6) is 0 Å². The maximum absolute atomic E-state index is 12.0. The normalized spacial score (nSPS) is 17.8. The minimum absolute atomic E-state index is 0.430. The zero-order chi connectivity index (χ0) is 12.4. The predicted octanol–water partition coefficient (Wildman–Crippen LogP) is 2.87. The zero-order valence-corrected chi connectivity index (χ0v) is 9.20. The van der Waals surface area contributed by atoms with Crippen LogP contribution in [-0.4, -0.2) is 13.9 Å². The molecular formula is C9H11F3O3S. The molecule has 0 spiro atoms. The Balaban J connectivity index is 2.75. The SMILES string of the molecule is C=C(OS(=O)(=O)C(F)(F)F)C1=CCCCC1. The molecule has 0 N–H and O–H groups in total. The van der Waals surface area contributed by atoms with Crippen molar-refractivity contribution in [1.82, 2.24) is 0 Å². The van der Waals surface area contributed by atoms with Crippen LogP contribution < -0.4 is 0 Å². The molecular weight excluding hydrogens is 245 g/mol. The van der Waals surface area contributed by atoms with Crippen molar-refractivity contribution in [2.75, 3.05) is 0 Å². The minimum atomic E-state index is -5.59. The van der Waals surface area contributed by atoms with Gasteiger partial charge in [0, 0.05) is 0 Å². The number of halogens is 3. The fourth-order valence-corrected chi connectivity index (χ4v) is 1.79. The molecule has 0 bridgehead atoms. The van der Waals surface area contributed by atoms with Gasteiger partial charge in [-0.15, -0.1) is 0 Å². The van der Waals surface area contributed by atoms with Gasteiger partial charge in [0.1, 0.15) is 5.76 Å². The third-order valence-corrected chi connectivity index (χ3v) is 3.13. The molecule has 0 aromatic heterocycles. The highest BCUT2D eigenvalue weighted by Gasteiger charge is 2.48. The highest BCUT2D eigenvalue weighted by molar-refractivity contribution is 7.87. The Morgan fingerprint density at radius 1 is 1.38 bits per heavy atom. The van der Waals surface area contributed by atoms with E-state index < -0.39 is 21.4 Å². The highest BCUT2D eigenvalue weighted by Crippen LogP contribution is 2.30. The maximum atomic E-state index is 12.0. The number of hydrogen-bond donors (Lipinski definition) is 0. The topological polar surface area (TPSA) is 43.4 Å². The molecule has 0 aromatic rings. The number of rotatable bonds is 3. The van der Waals surface area contributed by atoms with Crippen molar-refractivity contribution in [3.63, 3.8) is 0 Å². The van der Waals surface area contributed by atoms with E-state index in [-0.39, 0.29) is 0 Å². The summed E-state index contributed by atoms with van der Waals surface area (Å²) in [6.45, 7) is 3.21. The van der Waals surface area contributed by atoms with Gasteiger partial charge in [0.05, 0.1) is 0 Å². The summed E-state index contributed by atoms with van der Waals surface area (Å²) in [5, 5.41) is 0. The van der Waals surface area contributed by atoms with Gasteiger partial charge in [0.15, 0.2) is 0 Å². The van der Waals surface area contributed by atoms with E-state index in [1.165, 1.54) is 0 Å². The van der Waals surface area contributed by atoms with Crippen molar-refractivity contribution >= 4 is 10.1 Å². The summed E-state index contributed by atoms with van der Waals surface area (Å²) in [4.78, 5) is 0. The first-order valence-electron chi connectivity index (χ1n) is 4.63. The third kappa shape index (κ3) is 3.01. The van der Waals surface area contributed by atoms with Gasteiger partial charge < -0.3 is 4.18 Å². The molecule has 7 heteroatoms. The molecule has 0 amide bonds. The molecule has 1 rings (SSSR count). The fourth-order valence-electron chi connectivity index (χ4n) is 1.32. The molecule has 3 nitrogen and oxygen atoms in total. The van der Waals surface area contributed by atoms with E-state index in [1.54, 1.807) is 6.08 Å². The molecule has 0 heterocycles. The lowest BCUT2D eigenvalue weighted by Crippen LogP contribution is -2.25. The van der Waals surface area contributed by atoms with E-state index in [1.807, 2.05) is 0 Å². The van der Waals surface area contributed by atoms with Crippen LogP contribution in [0, 0.1) is 0 Å². The Kier molecular flexibility index (Phi) is 3.67. The van der Waals surface area contributed by atoms with Crippen molar-refractivity contribution in [2.45, 2.75) is 31.2 Å². The molecule has 0 atom stereocenters. The lowest BCUT2D eigenvalue weighted by atomic mass is 9.99. The fraction of sp³-hybridized carbons (Fsp3) is 0.556. The number of hydrogen-bond acceptors (Lipinski definition) is 3. The van der Waals surface area contributed by atoms with E-state index in [9.17, 15) is 21.6 Å². The highest BCUT2D eigenvalue weighted by atomic mass is 32.2. The lowest BCUT2D eigenvalue weighted by molar-refractivity contribution is -0.0520. The van der Waals surface area contributed by atoms with Gasteiger partial charge in [-0.2, -0.15) is 21.6 Å². The Morgan fingerprint density at radius 2 is 2.00 bits per heavy atom. The van der Waals surface area contributed by atoms with Gasteiger partial charge in [0.2, 0.25) is 0 Å². The van der Waals surface area contributed by atoms with Crippen molar-refractivity contribution in [3.8, 4) is 0 Å². The van der Waals surface area contributed by atoms with Crippen LogP contribution in [0.25, 0.3) is 0 Å². The van der Waals surface area contributed by atoms with Gasteiger partial charge in [-0.3, -0.25) is 0 Å². The van der Waals surface area contributed by atoms with Gasteiger partial charge in [0.25, 0.3) is 0 Å². The van der Waals surface area contributed by atoms with Crippen LogP contribution in [-0.2, 0) is 14.3 Å². The van der Waals surface area contributed by atoms with Gasteiger partial charge in [-0.1, -0.05) is 12.7 Å². The standard InChI is InChI=1S/C9H11F3O3S/c1-7(8-5-3-2-4-6-8)15-16(13,14)9(10,11)12/h5H,1-4,6H2. The van der Waals surface area contributed by atoms with E-state index in [2.05, 4.69) is 10.8 Å². The second-order valence-corrected chi connectivity index (χ2v) is 4.92. The summed E-state index contributed by atoms with van der Waals surface area (Å²) in [7, 11) is -5.59. The van der Waals surface area contributed by atoms with Crippen LogP contribution in [0.2, 0.25) is 0 Å². The Morgan fingerprint density at radius 3 is 2.44 bits per heavy atom. The molecule has 1 aliphatic rings. The van der Waals surface area contributed by atoms with Crippen molar-refractivity contribution in [3.05, 3.63) is 24.0 Å². The van der Waals surface area contributed by atoms with Crippen molar-refractivity contribution in [2.24, 2.45) is 0 Å². The van der Waals surface area contributed by atoms with Crippen LogP contribution >= 0.6 is 0 Å². The minimum Gasteiger partial charge on any atom is -0.376 e. The van der Waals surface area contributed by atoms with E-state index in [4.69, 9.17) is 0 Å². The molecule has 92 valence electrons. The first-order chi connectivity index (χ1) is 7.24. The summed E-state index contributed by atoms with van der Waals surface area (Å²) in [5.41, 5.74) is -4.98. The maximum Gasteiger partial charge on any atom is 0.534 e. The van der Waals surface area contributed by atoms with E-state index >= 15 is 0 Å². The first-order valence-corrected chi connectivity index (χ1v) is 6.04. The number of alkyl halides is 3. The summed E-state index contributed by atoms with van der Waals surface area (Å²) >= 11 is 0. The van der Waals surface area contributed by atoms with Crippen LogP contribution in [0.4, 0.5) is 13.2 Å². The average molecular weight is 256 g/mol. The zero-order valence-electron chi connectivity index (χ0n) is 8.38. The van der Waals surface area contributed by atoms with E-state index in [0.29, 0.717) is 18.4 Å². The molecule has 0 aromatic carbocycles. The van der Waals surface area contributed by atoms with E-state index in [0.717, 1.165) is 12.8 Å². The van der Waals surface area contributed by atoms with Gasteiger partial charge >= 0.3 is 15.6 Å². The molecule has 0 fully saturated rings. The Bertz CT molecular complexity index is 406. The lowest BCUT2D eigenvalue weighted by Gasteiger charge is -2.16. The Labute approximate surface area is 91.7 Å². The summed E-state index contributed by atoms with van der Waals surface area (Å²) in [6, 6.07) is 0. The summed E-state index contributed by atoms with van der Waals surface area (Å²) in [5.74, 6) is -0.433. The van der Waals surface area contributed by atoms with Crippen molar-refractivity contribution in [1.29, 1.82) is 0 Å². The summed E-state index contributed by atoms with van der Waals surface area (Å²) < 4.78 is 61.2. The summed E-state index contributed by atoms with van der Waals surface area (Å²) in [6.07, 6.45) is 4.57. The average Bonchev–Trinajstić information content (AvgIpc) is 2.16. The van der Waals surface area contributed by atoms with Gasteiger partial charge in [-0.05, 0) is 31.3 Å². The van der Waals surface area contributed by atoms with Crippen LogP contribution in [0.3, 0.4) is 0 Å². The largest absolute Gasteiger partial charge is 0.534 e. The first kappa shape index (κ1) is 13.1. The van der Waals surface area contributed by atoms with Crippen molar-refractivity contribution < 1.29 is 25.8 Å². The van der Waals surface area contributed by atoms with Crippen LogP contribution in [0.15, 0.2) is 24.0 Å². The molecule has 0 unspecified atom stereocenters. The predicted molar refractivity (Wildman–Crippen MR) is 51.8 cm³/mol.